The Morgan fingerprint density at radius 3 is 1.77 bits per heavy atom. The van der Waals surface area contributed by atoms with Gasteiger partial charge in [-0.25, -0.2) is 0 Å². The molecule has 0 N–H and O–H groups in total. The second-order valence-electron chi connectivity index (χ2n) is 11.5. The molecule has 5 rings (SSSR count). The lowest BCUT2D eigenvalue weighted by Gasteiger charge is -2.43. The van der Waals surface area contributed by atoms with Gasteiger partial charge in [0.25, 0.3) is 20.1 Å². The lowest BCUT2D eigenvalue weighted by atomic mass is 10.1. The fourth-order valence-electron chi connectivity index (χ4n) is 5.68. The summed E-state index contributed by atoms with van der Waals surface area (Å²) in [4.78, 5) is 41.4. The first-order valence-corrected chi connectivity index (χ1v) is 16.6. The number of fused-ring (bicyclic) bond motifs is 1. The van der Waals surface area contributed by atoms with Crippen molar-refractivity contribution in [3.8, 4) is 0 Å². The van der Waals surface area contributed by atoms with Gasteiger partial charge in [-0.05, 0) is 39.7 Å². The van der Waals surface area contributed by atoms with Crippen molar-refractivity contribution in [1.82, 2.24) is 4.90 Å². The van der Waals surface area contributed by atoms with E-state index in [0.717, 1.165) is 15.3 Å². The topological polar surface area (TPSA) is 66.9 Å². The maximum atomic E-state index is 13.4. The first kappa shape index (κ1) is 30.7. The summed E-state index contributed by atoms with van der Waals surface area (Å²) in [5, 5.41) is 2.65. The van der Waals surface area contributed by atoms with Crippen molar-refractivity contribution in [2.45, 2.75) is 32.4 Å². The molecule has 43 heavy (non-hydrogen) atoms. The third-order valence-corrected chi connectivity index (χ3v) is 13.7. The molecule has 0 bridgehead atoms. The quantitative estimate of drug-likeness (QED) is 0.169. The predicted octanol–water partition coefficient (Wildman–Crippen LogP) is 6.33. The van der Waals surface area contributed by atoms with Gasteiger partial charge in [-0.1, -0.05) is 117 Å². The Balaban J connectivity index is 1.45. The predicted molar refractivity (Wildman–Crippen MR) is 174 cm³/mol. The van der Waals surface area contributed by atoms with Crippen molar-refractivity contribution in [3.05, 3.63) is 124 Å². The largest absolute Gasteiger partial charge is 0.403 e. The Bertz CT molecular complexity index is 1620. The monoisotopic (exact) mass is 630 g/mol. The van der Waals surface area contributed by atoms with E-state index in [9.17, 15) is 14.4 Å². The van der Waals surface area contributed by atoms with Crippen LogP contribution in [0.3, 0.4) is 0 Å². The molecular formula is C34H32Cl2N2O4Si. The summed E-state index contributed by atoms with van der Waals surface area (Å²) in [6.07, 6.45) is 0. The molecule has 0 radical (unpaired) electrons. The van der Waals surface area contributed by atoms with Crippen molar-refractivity contribution in [2.75, 3.05) is 18.5 Å². The lowest BCUT2D eigenvalue weighted by Crippen LogP contribution is -2.66. The highest BCUT2D eigenvalue weighted by Crippen LogP contribution is 2.40. The van der Waals surface area contributed by atoms with E-state index < -0.39 is 32.6 Å². The van der Waals surface area contributed by atoms with E-state index in [1.165, 1.54) is 4.90 Å². The third kappa shape index (κ3) is 5.54. The van der Waals surface area contributed by atoms with Gasteiger partial charge in [0.15, 0.2) is 0 Å². The maximum Gasteiger partial charge on any atom is 0.262 e. The second kappa shape index (κ2) is 12.1. The fraction of sp³-hybridized carbons (Fsp3) is 0.206. The number of rotatable bonds is 8. The molecule has 3 amide bonds. The number of carbonyl (C=O) groups excluding carboxylic acids is 3. The molecule has 0 aliphatic carbocycles. The van der Waals surface area contributed by atoms with Gasteiger partial charge in [0.2, 0.25) is 5.91 Å². The zero-order chi connectivity index (χ0) is 30.9. The minimum Gasteiger partial charge on any atom is -0.403 e. The molecule has 4 aromatic carbocycles. The number of nitrogens with zero attached hydrogens (tertiary/aromatic N) is 2. The van der Waals surface area contributed by atoms with E-state index in [0.29, 0.717) is 16.3 Å². The molecule has 0 atom stereocenters. The van der Waals surface area contributed by atoms with E-state index in [2.05, 4.69) is 45.0 Å². The highest BCUT2D eigenvalue weighted by Gasteiger charge is 2.50. The molecule has 0 saturated heterocycles. The summed E-state index contributed by atoms with van der Waals surface area (Å²) in [6, 6.07) is 30.3. The number of halogens is 2. The first-order chi connectivity index (χ1) is 20.5. The maximum absolute atomic E-state index is 13.4. The number of hydrogen-bond acceptors (Lipinski definition) is 4. The number of imide groups is 1. The van der Waals surface area contributed by atoms with E-state index in [1.807, 2.05) is 36.4 Å². The van der Waals surface area contributed by atoms with Gasteiger partial charge in [-0.2, -0.15) is 0 Å². The van der Waals surface area contributed by atoms with Crippen LogP contribution >= 0.6 is 23.2 Å². The van der Waals surface area contributed by atoms with Crippen LogP contribution in [0.1, 0.15) is 47.1 Å². The minimum atomic E-state index is -2.89. The van der Waals surface area contributed by atoms with Crippen molar-refractivity contribution >= 4 is 65.3 Å². The standard InChI is InChI=1S/C34H32Cl2N2O4Si/c1-34(2,3)43(23-13-7-5-8-14-23,24-15-9-6-10-16-24)42-22-27-28(35)19-20-29(31(27)36)37(4)30(39)21-38-32(40)25-17-11-12-18-26(25)33(38)41/h5-20H,21-22H2,1-4H3. The van der Waals surface area contributed by atoms with E-state index in [1.54, 1.807) is 43.4 Å². The van der Waals surface area contributed by atoms with Crippen LogP contribution < -0.4 is 15.3 Å². The molecular weight excluding hydrogens is 599 g/mol. The molecule has 9 heteroatoms. The van der Waals surface area contributed by atoms with Crippen molar-refractivity contribution in [1.29, 1.82) is 0 Å². The molecule has 1 aliphatic heterocycles. The number of carbonyl (C=O) groups is 3. The molecule has 0 unspecified atom stereocenters. The number of benzene rings is 4. The Kier molecular flexibility index (Phi) is 8.63. The van der Waals surface area contributed by atoms with E-state index in [-0.39, 0.29) is 27.8 Å². The molecule has 220 valence electrons. The van der Waals surface area contributed by atoms with Crippen LogP contribution in [-0.4, -0.2) is 44.5 Å². The number of likely N-dealkylation sites (N-methyl/N-ethyl adjacent to an activating group) is 1. The summed E-state index contributed by atoms with van der Waals surface area (Å²) >= 11 is 13.6. The van der Waals surface area contributed by atoms with Gasteiger partial charge in [0.1, 0.15) is 6.54 Å². The van der Waals surface area contributed by atoms with Crippen molar-refractivity contribution in [3.63, 3.8) is 0 Å². The zero-order valence-corrected chi connectivity index (χ0v) is 26.9. The molecule has 6 nitrogen and oxygen atoms in total. The molecule has 1 aliphatic rings. The lowest BCUT2D eigenvalue weighted by molar-refractivity contribution is -0.118. The molecule has 1 heterocycles. The van der Waals surface area contributed by atoms with Gasteiger partial charge in [0, 0.05) is 17.6 Å². The van der Waals surface area contributed by atoms with Gasteiger partial charge < -0.3 is 9.33 Å². The second-order valence-corrected chi connectivity index (χ2v) is 16.6. The highest BCUT2D eigenvalue weighted by molar-refractivity contribution is 6.99. The van der Waals surface area contributed by atoms with Crippen LogP contribution in [0.25, 0.3) is 0 Å². The molecule has 4 aromatic rings. The van der Waals surface area contributed by atoms with Gasteiger partial charge >= 0.3 is 0 Å². The van der Waals surface area contributed by atoms with Gasteiger partial charge in [0.05, 0.1) is 28.4 Å². The molecule has 0 spiro atoms. The van der Waals surface area contributed by atoms with E-state index in [4.69, 9.17) is 27.6 Å². The van der Waals surface area contributed by atoms with Gasteiger partial charge in [-0.3, -0.25) is 19.3 Å². The normalized spacial score (nSPS) is 13.3. The van der Waals surface area contributed by atoms with Crippen LogP contribution in [-0.2, 0) is 15.8 Å². The van der Waals surface area contributed by atoms with E-state index >= 15 is 0 Å². The molecule has 0 fully saturated rings. The van der Waals surface area contributed by atoms with Crippen molar-refractivity contribution in [2.24, 2.45) is 0 Å². The number of anilines is 1. The van der Waals surface area contributed by atoms with Crippen LogP contribution in [0, 0.1) is 0 Å². The fourth-order valence-corrected chi connectivity index (χ4v) is 10.8. The van der Waals surface area contributed by atoms with Gasteiger partial charge in [-0.15, -0.1) is 0 Å². The summed E-state index contributed by atoms with van der Waals surface area (Å²) < 4.78 is 7.05. The minimum absolute atomic E-state index is 0.110. The first-order valence-electron chi connectivity index (χ1n) is 13.9. The smallest absolute Gasteiger partial charge is 0.262 e. The van der Waals surface area contributed by atoms with Crippen LogP contribution in [0.5, 0.6) is 0 Å². The Morgan fingerprint density at radius 1 is 0.791 bits per heavy atom. The van der Waals surface area contributed by atoms with Crippen LogP contribution in [0.2, 0.25) is 15.1 Å². The SMILES string of the molecule is CN(C(=O)CN1C(=O)c2ccccc2C1=O)c1ccc(Cl)c(CO[Si](c2ccccc2)(c2ccccc2)C(C)(C)C)c1Cl. The Hall–Kier alpha value is -3.75. The Morgan fingerprint density at radius 2 is 1.28 bits per heavy atom. The molecule has 0 saturated carbocycles. The third-order valence-electron chi connectivity index (χ3n) is 7.92. The summed E-state index contributed by atoms with van der Waals surface area (Å²) in [5.74, 6) is -1.47. The average Bonchev–Trinajstić information content (AvgIpc) is 3.23. The van der Waals surface area contributed by atoms with Crippen LogP contribution in [0.4, 0.5) is 5.69 Å². The average molecular weight is 632 g/mol. The summed E-state index contributed by atoms with van der Waals surface area (Å²) in [6.45, 7) is 6.24. The number of hydrogen-bond donors (Lipinski definition) is 0. The highest BCUT2D eigenvalue weighted by atomic mass is 35.5. The van der Waals surface area contributed by atoms with Crippen molar-refractivity contribution < 1.29 is 18.8 Å². The number of amides is 3. The molecule has 0 aromatic heterocycles. The summed E-state index contributed by atoms with van der Waals surface area (Å²) in [5.41, 5.74) is 1.52. The zero-order valence-electron chi connectivity index (χ0n) is 24.4. The summed E-state index contributed by atoms with van der Waals surface area (Å²) in [7, 11) is -1.34. The Labute approximate surface area is 262 Å². The van der Waals surface area contributed by atoms with Crippen LogP contribution in [0.15, 0.2) is 97.1 Å².